The number of para-hydroxylation sites is 4. The van der Waals surface area contributed by atoms with E-state index >= 15 is 0 Å². The molecule has 3 heterocycles. The number of benzene rings is 4. The molecule has 27 nitrogen and oxygen atoms in total. The normalized spacial score (nSPS) is 21.2. The number of unbranched alkanes of at least 4 members (excludes halogenated alkanes) is 3. The van der Waals surface area contributed by atoms with Crippen LogP contribution in [0.15, 0.2) is 72.8 Å². The third-order valence-corrected chi connectivity index (χ3v) is 17.2. The topological polar surface area (TPSA) is 321 Å². The quantitative estimate of drug-likeness (QED) is 0.0857. The summed E-state index contributed by atoms with van der Waals surface area (Å²) in [6.07, 6.45) is 4.26. The molecule has 0 aliphatic carbocycles. The van der Waals surface area contributed by atoms with Gasteiger partial charge in [0, 0.05) is 136 Å². The number of ether oxygens (including phenoxy) is 5. The SMILES string of the molecule is CCCCCC1CN2CCNC(=O)c3cccc(c3OC)C(=O)NCCN(CCNC(=O)c3cccc(c3OC)C(=O)NCC2)C(CCCCNC(=O)OC(C)(C)C)CN2CCNC(=O)c3cccc(c3OC)C(=O)NCCN1CCNC(=O)c1cccc(c1OC)C(=O)NCC2. The number of hydrogen-bond acceptors (Lipinski definition) is 18. The molecule has 0 fully saturated rings. The molecule has 4 aromatic carbocycles. The first-order valence-corrected chi connectivity index (χ1v) is 33.6. The van der Waals surface area contributed by atoms with Gasteiger partial charge in [-0.3, -0.25) is 58.0 Å². The molecular formula is C70H99N13O14. The first-order chi connectivity index (χ1) is 46.8. The molecule has 97 heavy (non-hydrogen) atoms. The second-order valence-electron chi connectivity index (χ2n) is 25.0. The fourth-order valence-corrected chi connectivity index (χ4v) is 12.3. The van der Waals surface area contributed by atoms with E-state index in [9.17, 15) is 43.2 Å². The van der Waals surface area contributed by atoms with Crippen LogP contribution in [0, 0.1) is 0 Å². The Morgan fingerprint density at radius 3 is 0.887 bits per heavy atom. The Morgan fingerprint density at radius 2 is 0.649 bits per heavy atom. The van der Waals surface area contributed by atoms with Crippen LogP contribution in [0.3, 0.4) is 0 Å². The molecule has 0 aromatic heterocycles. The Hall–Kier alpha value is -9.05. The summed E-state index contributed by atoms with van der Waals surface area (Å²) in [5, 5.41) is 27.3. The highest BCUT2D eigenvalue weighted by Gasteiger charge is 2.30. The fraction of sp³-hybridized carbons (Fsp3) is 0.529. The molecular weight excluding hydrogens is 1250 g/mol. The lowest BCUT2D eigenvalue weighted by Crippen LogP contribution is -2.51. The summed E-state index contributed by atoms with van der Waals surface area (Å²) in [5.41, 5.74) is 0.307. The lowest BCUT2D eigenvalue weighted by Gasteiger charge is -2.36. The maximum Gasteiger partial charge on any atom is 0.407 e. The highest BCUT2D eigenvalue weighted by molar-refractivity contribution is 6.07. The number of amides is 9. The lowest BCUT2D eigenvalue weighted by atomic mass is 10.0. The van der Waals surface area contributed by atoms with Gasteiger partial charge in [-0.2, -0.15) is 0 Å². The first kappa shape index (κ1) is 75.3. The second kappa shape index (κ2) is 38.0. The number of carbonyl (C=O) groups excluding carboxylic acids is 9. The van der Waals surface area contributed by atoms with Gasteiger partial charge >= 0.3 is 6.09 Å². The van der Waals surface area contributed by atoms with E-state index in [1.54, 1.807) is 93.6 Å². The van der Waals surface area contributed by atoms with Crippen molar-refractivity contribution in [3.63, 3.8) is 0 Å². The van der Waals surface area contributed by atoms with E-state index < -0.39 is 65.0 Å². The average Bonchev–Trinajstić information content (AvgIpc) is 0.850. The molecule has 7 rings (SSSR count). The molecule has 3 aliphatic heterocycles. The van der Waals surface area contributed by atoms with Crippen LogP contribution in [0.4, 0.5) is 4.79 Å². The number of alkyl carbamates (subject to hydrolysis) is 1. The maximum atomic E-state index is 14.5. The van der Waals surface area contributed by atoms with Crippen LogP contribution in [0.2, 0.25) is 0 Å². The zero-order chi connectivity index (χ0) is 69.9. The summed E-state index contributed by atoms with van der Waals surface area (Å²) in [6.45, 7) is 11.0. The van der Waals surface area contributed by atoms with Gasteiger partial charge in [0.05, 0.1) is 72.9 Å². The summed E-state index contributed by atoms with van der Waals surface area (Å²) in [6, 6.07) is 18.5. The van der Waals surface area contributed by atoms with Crippen molar-refractivity contribution in [3.8, 4) is 23.0 Å². The number of carbonyl (C=O) groups is 9. The molecule has 12 bridgehead atoms. The Kier molecular flexibility index (Phi) is 29.5. The first-order valence-electron chi connectivity index (χ1n) is 33.6. The van der Waals surface area contributed by atoms with Gasteiger partial charge in [0.1, 0.15) is 28.6 Å². The molecule has 9 N–H and O–H groups in total. The monoisotopic (exact) mass is 1350 g/mol. The van der Waals surface area contributed by atoms with Crippen LogP contribution in [-0.4, -0.2) is 243 Å². The minimum Gasteiger partial charge on any atom is -0.495 e. The third kappa shape index (κ3) is 22.0. The summed E-state index contributed by atoms with van der Waals surface area (Å²) in [7, 11) is 5.59. The van der Waals surface area contributed by atoms with Crippen LogP contribution >= 0.6 is 0 Å². The standard InChI is InChI=1S/C70H99N13O14/c1-9-10-11-18-47-45-80-37-29-71-61(84)49-20-16-26-55(59(49)95-7)67(90)77-35-43-83(44-36-78-68(91)56-27-17-21-50(60(56)96-8)62(85)72-30-38-80)48(19-12-13-28-79-69(92)97-70(2,3)4)46-81-39-31-73-63(86)51-22-14-24-53(57(51)93-5)65(88)75-33-41-82(47)42-34-76-66(89)54-25-15-23-52(58(54)94-6)64(87)74-32-40-81/h14-17,20-27,47-48H,9-13,18-19,28-46H2,1-8H3,(H,71,84)(H,72,85)(H,73,86)(H,74,87)(H,75,88)(H,76,89)(H,77,90)(H,78,91)(H,79,92). The van der Waals surface area contributed by atoms with Crippen LogP contribution < -0.4 is 66.8 Å². The summed E-state index contributed by atoms with van der Waals surface area (Å²) in [4.78, 5) is 137. The van der Waals surface area contributed by atoms with Gasteiger partial charge in [-0.25, -0.2) is 4.79 Å². The smallest absolute Gasteiger partial charge is 0.407 e. The van der Waals surface area contributed by atoms with E-state index in [0.717, 1.165) is 19.3 Å². The van der Waals surface area contributed by atoms with Crippen molar-refractivity contribution in [2.24, 2.45) is 0 Å². The molecule has 2 atom stereocenters. The second-order valence-corrected chi connectivity index (χ2v) is 25.0. The van der Waals surface area contributed by atoms with Crippen LogP contribution in [0.5, 0.6) is 23.0 Å². The van der Waals surface area contributed by atoms with Gasteiger partial charge < -0.3 is 71.5 Å². The Balaban J connectivity index is 1.41. The molecule has 0 saturated carbocycles. The Bertz CT molecular complexity index is 3180. The number of nitrogens with zero attached hydrogens (tertiary/aromatic N) is 4. The maximum absolute atomic E-state index is 14.5. The average molecular weight is 1350 g/mol. The van der Waals surface area contributed by atoms with E-state index in [1.807, 2.05) is 0 Å². The van der Waals surface area contributed by atoms with E-state index in [1.165, 1.54) is 28.4 Å². The number of hydrogen-bond donors (Lipinski definition) is 9. The van der Waals surface area contributed by atoms with E-state index in [0.29, 0.717) is 32.2 Å². The van der Waals surface area contributed by atoms with Gasteiger partial charge in [-0.1, -0.05) is 56.9 Å². The molecule has 0 spiro atoms. The largest absolute Gasteiger partial charge is 0.495 e. The highest BCUT2D eigenvalue weighted by Crippen LogP contribution is 2.28. The summed E-state index contributed by atoms with van der Waals surface area (Å²) >= 11 is 0. The van der Waals surface area contributed by atoms with Crippen molar-refractivity contribution in [2.75, 3.05) is 153 Å². The van der Waals surface area contributed by atoms with Gasteiger partial charge in [-0.05, 0) is 88.6 Å². The molecule has 4 aromatic rings. The molecule has 3 aliphatic rings. The molecule has 27 heteroatoms. The summed E-state index contributed by atoms with van der Waals surface area (Å²) in [5.74, 6) is -3.67. The van der Waals surface area contributed by atoms with Gasteiger partial charge in [-0.15, -0.1) is 0 Å². The zero-order valence-electron chi connectivity index (χ0n) is 57.5. The summed E-state index contributed by atoms with van der Waals surface area (Å²) < 4.78 is 28.9. The fourth-order valence-electron chi connectivity index (χ4n) is 12.3. The van der Waals surface area contributed by atoms with E-state index in [2.05, 4.69) is 74.4 Å². The van der Waals surface area contributed by atoms with E-state index in [4.69, 9.17) is 23.7 Å². The molecule has 0 radical (unpaired) electrons. The van der Waals surface area contributed by atoms with Crippen molar-refractivity contribution in [1.82, 2.24) is 67.5 Å². The van der Waals surface area contributed by atoms with Crippen LogP contribution in [0.25, 0.3) is 0 Å². The molecule has 9 amide bonds. The predicted molar refractivity (Wildman–Crippen MR) is 366 cm³/mol. The Morgan fingerprint density at radius 1 is 0.402 bits per heavy atom. The predicted octanol–water partition coefficient (Wildman–Crippen LogP) is 3.92. The minimum absolute atomic E-state index is 0.0602. The van der Waals surface area contributed by atoms with Gasteiger partial charge in [0.2, 0.25) is 0 Å². The molecule has 528 valence electrons. The van der Waals surface area contributed by atoms with Crippen LogP contribution in [-0.2, 0) is 4.74 Å². The minimum atomic E-state index is -0.723. The highest BCUT2D eigenvalue weighted by atomic mass is 16.6. The van der Waals surface area contributed by atoms with Crippen molar-refractivity contribution in [1.29, 1.82) is 0 Å². The lowest BCUT2D eigenvalue weighted by molar-refractivity contribution is 0.0524. The molecule has 0 saturated heterocycles. The van der Waals surface area contributed by atoms with Crippen molar-refractivity contribution < 1.29 is 66.8 Å². The Labute approximate surface area is 568 Å². The van der Waals surface area contributed by atoms with Gasteiger partial charge in [0.25, 0.3) is 47.3 Å². The molecule has 2 unspecified atom stereocenters. The third-order valence-electron chi connectivity index (χ3n) is 17.2. The van der Waals surface area contributed by atoms with Gasteiger partial charge in [0.15, 0.2) is 0 Å². The van der Waals surface area contributed by atoms with Crippen molar-refractivity contribution in [3.05, 3.63) is 117 Å². The van der Waals surface area contributed by atoms with Crippen molar-refractivity contribution >= 4 is 53.4 Å². The zero-order valence-corrected chi connectivity index (χ0v) is 57.5. The van der Waals surface area contributed by atoms with Crippen molar-refractivity contribution in [2.45, 2.75) is 90.3 Å². The number of fused-ring (bicyclic) bond motifs is 20. The number of nitrogens with one attached hydrogen (secondary N) is 9. The van der Waals surface area contributed by atoms with Crippen LogP contribution in [0.1, 0.15) is 156 Å². The number of methoxy groups -OCH3 is 4. The van der Waals surface area contributed by atoms with E-state index in [-0.39, 0.29) is 191 Å². The number of rotatable bonds is 13.